The van der Waals surface area contributed by atoms with Gasteiger partial charge in [-0.3, -0.25) is 5.32 Å². The number of hydrogen-bond donors (Lipinski definition) is 2. The molecular weight excluding hydrogens is 248 g/mol. The first kappa shape index (κ1) is 14.7. The Kier molecular flexibility index (Phi) is 5.74. The monoisotopic (exact) mass is 270 g/mol. The van der Waals surface area contributed by atoms with Gasteiger partial charge in [0.1, 0.15) is 12.3 Å². The molecule has 0 spiro atoms. The summed E-state index contributed by atoms with van der Waals surface area (Å²) in [5.74, 6) is 0. The summed E-state index contributed by atoms with van der Waals surface area (Å²) in [7, 11) is 0. The van der Waals surface area contributed by atoms with E-state index in [1.165, 1.54) is 0 Å². The largest absolute Gasteiger partial charge is 0.351 e. The van der Waals surface area contributed by atoms with Gasteiger partial charge in [-0.2, -0.15) is 0 Å². The van der Waals surface area contributed by atoms with Gasteiger partial charge in [0.05, 0.1) is 0 Å². The first-order valence-corrected chi connectivity index (χ1v) is 7.00. The zero-order valence-electron chi connectivity index (χ0n) is 11.8. The van der Waals surface area contributed by atoms with Crippen molar-refractivity contribution in [2.24, 2.45) is 5.73 Å². The van der Waals surface area contributed by atoms with Crippen molar-refractivity contribution < 1.29 is 4.74 Å². The summed E-state index contributed by atoms with van der Waals surface area (Å²) in [5.41, 5.74) is 7.82. The fraction of sp³-hybridized carbons (Fsp3) is 0.294. The lowest BCUT2D eigenvalue weighted by atomic mass is 10.0. The van der Waals surface area contributed by atoms with Gasteiger partial charge in [0, 0.05) is 13.1 Å². The number of hydrogen-bond acceptors (Lipinski definition) is 3. The van der Waals surface area contributed by atoms with Gasteiger partial charge < -0.3 is 10.5 Å². The maximum absolute atomic E-state index is 6.16. The van der Waals surface area contributed by atoms with Crippen LogP contribution in [-0.4, -0.2) is 19.3 Å². The SMILES string of the molecule is CC(NCCN)OC(c1ccccc1)c1ccccc1. The molecule has 106 valence electrons. The Morgan fingerprint density at radius 2 is 1.45 bits per heavy atom. The molecule has 0 radical (unpaired) electrons. The smallest absolute Gasteiger partial charge is 0.110 e. The molecule has 0 bridgehead atoms. The highest BCUT2D eigenvalue weighted by molar-refractivity contribution is 5.29. The van der Waals surface area contributed by atoms with E-state index in [1.54, 1.807) is 0 Å². The highest BCUT2D eigenvalue weighted by Gasteiger charge is 2.17. The minimum absolute atomic E-state index is 0.0519. The van der Waals surface area contributed by atoms with Gasteiger partial charge >= 0.3 is 0 Å². The summed E-state index contributed by atoms with van der Waals surface area (Å²) in [5, 5.41) is 3.26. The lowest BCUT2D eigenvalue weighted by molar-refractivity contribution is 0.000264. The first-order chi connectivity index (χ1) is 9.81. The van der Waals surface area contributed by atoms with Gasteiger partial charge in [0.15, 0.2) is 0 Å². The van der Waals surface area contributed by atoms with Gasteiger partial charge in [0.25, 0.3) is 0 Å². The van der Waals surface area contributed by atoms with E-state index in [4.69, 9.17) is 10.5 Å². The Morgan fingerprint density at radius 1 is 0.950 bits per heavy atom. The average Bonchev–Trinajstić information content (AvgIpc) is 2.52. The minimum Gasteiger partial charge on any atom is -0.351 e. The van der Waals surface area contributed by atoms with Gasteiger partial charge in [-0.25, -0.2) is 0 Å². The molecule has 2 aromatic rings. The van der Waals surface area contributed by atoms with Crippen LogP contribution in [0.4, 0.5) is 0 Å². The molecule has 0 aliphatic carbocycles. The normalized spacial score (nSPS) is 12.6. The van der Waals surface area contributed by atoms with Crippen LogP contribution >= 0.6 is 0 Å². The molecular formula is C17H22N2O. The molecule has 0 amide bonds. The predicted molar refractivity (Wildman–Crippen MR) is 82.3 cm³/mol. The summed E-state index contributed by atoms with van der Waals surface area (Å²) < 4.78 is 6.16. The molecule has 0 aromatic heterocycles. The zero-order chi connectivity index (χ0) is 14.2. The van der Waals surface area contributed by atoms with Crippen LogP contribution in [0.3, 0.4) is 0 Å². The quantitative estimate of drug-likeness (QED) is 0.760. The second-order valence-corrected chi connectivity index (χ2v) is 4.72. The van der Waals surface area contributed by atoms with Crippen LogP contribution in [0.5, 0.6) is 0 Å². The van der Waals surface area contributed by atoms with E-state index >= 15 is 0 Å². The number of ether oxygens (including phenoxy) is 1. The molecule has 3 heteroatoms. The molecule has 3 nitrogen and oxygen atoms in total. The van der Waals surface area contributed by atoms with Crippen molar-refractivity contribution in [1.29, 1.82) is 0 Å². The molecule has 3 N–H and O–H groups in total. The molecule has 2 aromatic carbocycles. The highest BCUT2D eigenvalue weighted by Crippen LogP contribution is 2.26. The van der Waals surface area contributed by atoms with Crippen LogP contribution in [0.25, 0.3) is 0 Å². The van der Waals surface area contributed by atoms with Gasteiger partial charge in [-0.15, -0.1) is 0 Å². The van der Waals surface area contributed by atoms with Crippen LogP contribution < -0.4 is 11.1 Å². The van der Waals surface area contributed by atoms with E-state index in [0.717, 1.165) is 17.7 Å². The van der Waals surface area contributed by atoms with Crippen molar-refractivity contribution in [1.82, 2.24) is 5.32 Å². The highest BCUT2D eigenvalue weighted by atomic mass is 16.5. The number of rotatable bonds is 7. The van der Waals surface area contributed by atoms with E-state index < -0.39 is 0 Å². The molecule has 0 fully saturated rings. The van der Waals surface area contributed by atoms with Crippen molar-refractivity contribution in [2.45, 2.75) is 19.3 Å². The second-order valence-electron chi connectivity index (χ2n) is 4.72. The van der Waals surface area contributed by atoms with E-state index in [2.05, 4.69) is 29.6 Å². The molecule has 0 heterocycles. The van der Waals surface area contributed by atoms with E-state index in [9.17, 15) is 0 Å². The van der Waals surface area contributed by atoms with Gasteiger partial charge in [-0.05, 0) is 18.1 Å². The number of nitrogens with one attached hydrogen (secondary N) is 1. The molecule has 1 atom stereocenters. The summed E-state index contributed by atoms with van der Waals surface area (Å²) in [6, 6.07) is 20.5. The Labute approximate surface area is 120 Å². The van der Waals surface area contributed by atoms with Crippen molar-refractivity contribution in [2.75, 3.05) is 13.1 Å². The molecule has 20 heavy (non-hydrogen) atoms. The maximum atomic E-state index is 6.16. The topological polar surface area (TPSA) is 47.3 Å². The summed E-state index contributed by atoms with van der Waals surface area (Å²) in [6.45, 7) is 3.36. The standard InChI is InChI=1S/C17H22N2O/c1-14(19-13-12-18)20-17(15-8-4-2-5-9-15)16-10-6-3-7-11-16/h2-11,14,17,19H,12-13,18H2,1H3. The Bertz CT molecular complexity index is 447. The van der Waals surface area contributed by atoms with Gasteiger partial charge in [0.2, 0.25) is 0 Å². The van der Waals surface area contributed by atoms with E-state index in [0.29, 0.717) is 6.54 Å². The third kappa shape index (κ3) is 4.17. The van der Waals surface area contributed by atoms with E-state index in [-0.39, 0.29) is 12.3 Å². The van der Waals surface area contributed by atoms with Crippen molar-refractivity contribution in [3.8, 4) is 0 Å². The molecule has 0 aliphatic heterocycles. The van der Waals surface area contributed by atoms with Crippen LogP contribution in [0, 0.1) is 0 Å². The van der Waals surface area contributed by atoms with Crippen LogP contribution in [0.2, 0.25) is 0 Å². The number of benzene rings is 2. The predicted octanol–water partition coefficient (Wildman–Crippen LogP) is 2.69. The molecule has 0 saturated heterocycles. The molecule has 2 rings (SSSR count). The third-order valence-corrected chi connectivity index (χ3v) is 3.12. The van der Waals surface area contributed by atoms with Crippen molar-refractivity contribution >= 4 is 0 Å². The average molecular weight is 270 g/mol. The molecule has 0 aliphatic rings. The number of nitrogens with two attached hydrogens (primary N) is 1. The maximum Gasteiger partial charge on any atom is 0.110 e. The molecule has 0 saturated carbocycles. The second kappa shape index (κ2) is 7.80. The van der Waals surface area contributed by atoms with Crippen molar-refractivity contribution in [3.63, 3.8) is 0 Å². The first-order valence-electron chi connectivity index (χ1n) is 7.00. The summed E-state index contributed by atoms with van der Waals surface area (Å²) in [6.07, 6.45) is -0.123. The Balaban J connectivity index is 2.17. The van der Waals surface area contributed by atoms with Crippen LogP contribution in [0.15, 0.2) is 60.7 Å². The van der Waals surface area contributed by atoms with Crippen LogP contribution in [0.1, 0.15) is 24.2 Å². The fourth-order valence-electron chi connectivity index (χ4n) is 2.14. The van der Waals surface area contributed by atoms with Crippen molar-refractivity contribution in [3.05, 3.63) is 71.8 Å². The Hall–Kier alpha value is -1.68. The Morgan fingerprint density at radius 3 is 1.90 bits per heavy atom. The fourth-order valence-corrected chi connectivity index (χ4v) is 2.14. The minimum atomic E-state index is -0.0716. The lowest BCUT2D eigenvalue weighted by Gasteiger charge is -2.24. The summed E-state index contributed by atoms with van der Waals surface area (Å²) in [4.78, 5) is 0. The third-order valence-electron chi connectivity index (χ3n) is 3.12. The molecule has 1 unspecified atom stereocenters. The van der Waals surface area contributed by atoms with E-state index in [1.807, 2.05) is 43.3 Å². The van der Waals surface area contributed by atoms with Gasteiger partial charge in [-0.1, -0.05) is 60.7 Å². The summed E-state index contributed by atoms with van der Waals surface area (Å²) >= 11 is 0. The zero-order valence-corrected chi connectivity index (χ0v) is 11.8. The van der Waals surface area contributed by atoms with Crippen LogP contribution in [-0.2, 0) is 4.74 Å². The lowest BCUT2D eigenvalue weighted by Crippen LogP contribution is -2.34.